The first-order chi connectivity index (χ1) is 15.4. The number of hydrogen-bond donors (Lipinski definition) is 3. The lowest BCUT2D eigenvalue weighted by molar-refractivity contribution is -0.150. The van der Waals surface area contributed by atoms with Gasteiger partial charge in [0.25, 0.3) is 5.91 Å². The fraction of sp³-hybridized carbons (Fsp3) is 0.217. The zero-order valence-electron chi connectivity index (χ0n) is 16.9. The molecule has 0 bridgehead atoms. The van der Waals surface area contributed by atoms with Gasteiger partial charge < -0.3 is 16.2 Å². The van der Waals surface area contributed by atoms with Crippen molar-refractivity contribution < 1.29 is 24.3 Å². The summed E-state index contributed by atoms with van der Waals surface area (Å²) in [7, 11) is 0. The van der Waals surface area contributed by atoms with E-state index in [1.807, 2.05) is 0 Å². The maximum Gasteiger partial charge on any atom is 0.352 e. The van der Waals surface area contributed by atoms with E-state index in [1.54, 1.807) is 60.7 Å². The minimum atomic E-state index is -1.27. The van der Waals surface area contributed by atoms with Crippen LogP contribution in [0.25, 0.3) is 0 Å². The Morgan fingerprint density at radius 3 is 2.34 bits per heavy atom. The number of aliphatic carboxylic acids is 1. The Morgan fingerprint density at radius 2 is 1.72 bits per heavy atom. The quantitative estimate of drug-likeness (QED) is 0.431. The maximum absolute atomic E-state index is 12.8. The molecule has 1 saturated heterocycles. The van der Waals surface area contributed by atoms with E-state index in [-0.39, 0.29) is 23.7 Å². The number of carbonyl (C=O) groups is 4. The van der Waals surface area contributed by atoms with E-state index in [0.29, 0.717) is 16.7 Å². The molecule has 3 atom stereocenters. The Bertz CT molecular complexity index is 1100. The number of fused-ring (bicyclic) bond motifs is 1. The van der Waals surface area contributed by atoms with Gasteiger partial charge in [0.15, 0.2) is 5.78 Å². The average Bonchev–Trinajstić information content (AvgIpc) is 2.82. The van der Waals surface area contributed by atoms with Crippen molar-refractivity contribution in [2.75, 3.05) is 5.75 Å². The van der Waals surface area contributed by atoms with Gasteiger partial charge >= 0.3 is 5.97 Å². The summed E-state index contributed by atoms with van der Waals surface area (Å²) in [5.41, 5.74) is 7.29. The largest absolute Gasteiger partial charge is 0.477 e. The summed E-state index contributed by atoms with van der Waals surface area (Å²) in [6.45, 7) is 0. The lowest BCUT2D eigenvalue weighted by atomic mass is 9.98. The van der Waals surface area contributed by atoms with Gasteiger partial charge in [-0.15, -0.1) is 11.8 Å². The second-order valence-electron chi connectivity index (χ2n) is 7.51. The zero-order chi connectivity index (χ0) is 22.8. The van der Waals surface area contributed by atoms with Gasteiger partial charge in [-0.3, -0.25) is 19.3 Å². The minimum Gasteiger partial charge on any atom is -0.477 e. The molecular formula is C23H21N3O5S. The number of ketones is 1. The van der Waals surface area contributed by atoms with Crippen molar-refractivity contribution >= 4 is 35.3 Å². The van der Waals surface area contributed by atoms with Crippen LogP contribution in [-0.4, -0.2) is 50.7 Å². The van der Waals surface area contributed by atoms with Crippen molar-refractivity contribution in [2.24, 2.45) is 5.73 Å². The molecule has 32 heavy (non-hydrogen) atoms. The van der Waals surface area contributed by atoms with Crippen molar-refractivity contribution in [1.29, 1.82) is 0 Å². The number of carboxylic acid groups (broad SMARTS) is 1. The highest BCUT2D eigenvalue weighted by molar-refractivity contribution is 8.00. The molecule has 3 unspecified atom stereocenters. The molecule has 2 aromatic carbocycles. The number of thioether (sulfide) groups is 1. The normalized spacial score (nSPS) is 20.8. The number of Topliss-reactive ketones (excluding diaryl/α,β-unsaturated/α-hetero) is 1. The molecule has 0 spiro atoms. The third-order valence-corrected chi connectivity index (χ3v) is 6.80. The molecule has 2 aliphatic rings. The third kappa shape index (κ3) is 4.04. The van der Waals surface area contributed by atoms with Crippen molar-refractivity contribution in [3.8, 4) is 0 Å². The van der Waals surface area contributed by atoms with E-state index in [9.17, 15) is 24.3 Å². The van der Waals surface area contributed by atoms with E-state index in [2.05, 4.69) is 5.32 Å². The van der Waals surface area contributed by atoms with Crippen LogP contribution in [0.2, 0.25) is 0 Å². The van der Waals surface area contributed by atoms with Gasteiger partial charge in [-0.05, 0) is 11.1 Å². The van der Waals surface area contributed by atoms with E-state index in [0.717, 1.165) is 4.90 Å². The highest BCUT2D eigenvalue weighted by Crippen LogP contribution is 2.41. The second-order valence-corrected chi connectivity index (χ2v) is 8.61. The number of benzene rings is 2. The van der Waals surface area contributed by atoms with Crippen LogP contribution in [0.4, 0.5) is 0 Å². The first-order valence-electron chi connectivity index (χ1n) is 9.97. The molecule has 0 saturated carbocycles. The molecule has 2 amide bonds. The fourth-order valence-electron chi connectivity index (χ4n) is 3.79. The number of carbonyl (C=O) groups excluding carboxylic acids is 3. The Balaban J connectivity index is 1.49. The van der Waals surface area contributed by atoms with Crippen LogP contribution in [0.1, 0.15) is 28.4 Å². The molecule has 0 aromatic heterocycles. The average molecular weight is 452 g/mol. The lowest BCUT2D eigenvalue weighted by Crippen LogP contribution is -2.71. The van der Waals surface area contributed by atoms with Crippen LogP contribution in [0, 0.1) is 0 Å². The van der Waals surface area contributed by atoms with E-state index < -0.39 is 35.2 Å². The Kier molecular flexibility index (Phi) is 6.11. The first kappa shape index (κ1) is 21.8. The first-order valence-corrected chi connectivity index (χ1v) is 11.0. The van der Waals surface area contributed by atoms with Crippen molar-refractivity contribution in [3.63, 3.8) is 0 Å². The minimum absolute atomic E-state index is 0.0922. The number of carboxylic acids is 1. The number of nitrogens with two attached hydrogens (primary N) is 1. The molecule has 4 N–H and O–H groups in total. The predicted octanol–water partition coefficient (Wildman–Crippen LogP) is 1.70. The Hall–Kier alpha value is -3.43. The highest BCUT2D eigenvalue weighted by atomic mass is 32.2. The summed E-state index contributed by atoms with van der Waals surface area (Å²) in [5.74, 6) is -2.26. The summed E-state index contributed by atoms with van der Waals surface area (Å²) in [4.78, 5) is 51.0. The van der Waals surface area contributed by atoms with Gasteiger partial charge in [0, 0.05) is 17.7 Å². The molecule has 4 rings (SSSR count). The monoisotopic (exact) mass is 451 g/mol. The highest BCUT2D eigenvalue weighted by Gasteiger charge is 2.54. The molecule has 2 aliphatic heterocycles. The number of β-lactam (4-membered cyclic amide) rings is 1. The number of rotatable bonds is 7. The zero-order valence-corrected chi connectivity index (χ0v) is 17.7. The van der Waals surface area contributed by atoms with Gasteiger partial charge in [-0.25, -0.2) is 4.79 Å². The number of hydrogen-bond acceptors (Lipinski definition) is 6. The van der Waals surface area contributed by atoms with Gasteiger partial charge in [-0.1, -0.05) is 60.7 Å². The molecule has 2 aromatic rings. The molecule has 9 heteroatoms. The topological polar surface area (TPSA) is 130 Å². The van der Waals surface area contributed by atoms with Crippen molar-refractivity contribution in [3.05, 3.63) is 83.1 Å². The van der Waals surface area contributed by atoms with Crippen molar-refractivity contribution in [2.45, 2.75) is 23.9 Å². The summed E-state index contributed by atoms with van der Waals surface area (Å²) in [6, 6.07) is 15.5. The van der Waals surface area contributed by atoms with Gasteiger partial charge in [0.1, 0.15) is 23.2 Å². The number of nitrogens with one attached hydrogen (secondary N) is 1. The fourth-order valence-corrected chi connectivity index (χ4v) is 5.14. The third-order valence-electron chi connectivity index (χ3n) is 5.46. The van der Waals surface area contributed by atoms with Crippen LogP contribution >= 0.6 is 11.8 Å². The van der Waals surface area contributed by atoms with Crippen LogP contribution < -0.4 is 11.1 Å². The molecule has 0 radical (unpaired) electrons. The molecule has 8 nitrogen and oxygen atoms in total. The maximum atomic E-state index is 12.8. The molecule has 164 valence electrons. The molecule has 2 heterocycles. The lowest BCUT2D eigenvalue weighted by Gasteiger charge is -2.49. The van der Waals surface area contributed by atoms with E-state index in [1.165, 1.54) is 11.8 Å². The second kappa shape index (κ2) is 8.97. The van der Waals surface area contributed by atoms with Crippen LogP contribution in [0.3, 0.4) is 0 Å². The Morgan fingerprint density at radius 1 is 1.09 bits per heavy atom. The van der Waals surface area contributed by atoms with Crippen LogP contribution in [0.5, 0.6) is 0 Å². The smallest absolute Gasteiger partial charge is 0.352 e. The van der Waals surface area contributed by atoms with Crippen LogP contribution in [-0.2, 0) is 14.4 Å². The van der Waals surface area contributed by atoms with Gasteiger partial charge in [0.05, 0.1) is 0 Å². The number of amides is 2. The molecule has 0 aliphatic carbocycles. The standard InChI is InChI=1S/C23H21N3O5S/c24-17(14-9-5-2-6-10-14)20(28)25-18-21(29)26-19(23(30)31)15(12-32-22(18)26)11-16(27)13-7-3-1-4-8-13/h1-10,17-18,22H,11-12,24H2,(H,25,28)(H,30,31). The Labute approximate surface area is 188 Å². The van der Waals surface area contributed by atoms with E-state index in [4.69, 9.17) is 5.73 Å². The summed E-state index contributed by atoms with van der Waals surface area (Å²) in [6.07, 6.45) is -0.0922. The van der Waals surface area contributed by atoms with Crippen molar-refractivity contribution in [1.82, 2.24) is 10.2 Å². The van der Waals surface area contributed by atoms with Crippen LogP contribution in [0.15, 0.2) is 71.9 Å². The summed E-state index contributed by atoms with van der Waals surface area (Å²) in [5, 5.41) is 11.8. The molecule has 1 fully saturated rings. The van der Waals surface area contributed by atoms with E-state index >= 15 is 0 Å². The van der Waals surface area contributed by atoms with Gasteiger partial charge in [-0.2, -0.15) is 0 Å². The predicted molar refractivity (Wildman–Crippen MR) is 118 cm³/mol. The van der Waals surface area contributed by atoms with Gasteiger partial charge in [0.2, 0.25) is 5.91 Å². The summed E-state index contributed by atoms with van der Waals surface area (Å²) < 4.78 is 0. The summed E-state index contributed by atoms with van der Waals surface area (Å²) >= 11 is 1.32. The number of nitrogens with zero attached hydrogens (tertiary/aromatic N) is 1. The molecular weight excluding hydrogens is 430 g/mol. The SMILES string of the molecule is NC(C(=O)NC1C(=O)N2C(C(=O)O)=C(CC(=O)c3ccccc3)CSC12)c1ccccc1.